The maximum absolute atomic E-state index is 13.6. The smallest absolute Gasteiger partial charge is 0.200 e. The Balaban J connectivity index is 1.88. The average Bonchev–Trinajstić information content (AvgIpc) is 3.03. The van der Waals surface area contributed by atoms with Gasteiger partial charge >= 0.3 is 0 Å². The summed E-state index contributed by atoms with van der Waals surface area (Å²) in [5.41, 5.74) is 2.05. The van der Waals surface area contributed by atoms with Crippen molar-refractivity contribution in [1.29, 1.82) is 0 Å². The molecule has 136 valence electrons. The lowest BCUT2D eigenvalue weighted by molar-refractivity contribution is 0.406. The fraction of sp³-hybridized carbons (Fsp3) is 0. The number of hydrogen-bond acceptors (Lipinski definition) is 3. The number of nitrogens with zero attached hydrogens (tertiary/aromatic N) is 2. The first-order valence-corrected chi connectivity index (χ1v) is 8.45. The molecule has 0 aliphatic rings. The molecule has 4 nitrogen and oxygen atoms in total. The highest BCUT2D eigenvalue weighted by Gasteiger charge is 2.15. The highest BCUT2D eigenvalue weighted by atomic mass is 35.5. The number of fused-ring (bicyclic) bond motifs is 1. The van der Waals surface area contributed by atoms with Crippen LogP contribution in [-0.2, 0) is 0 Å². The molecule has 0 fully saturated rings. The molecule has 0 amide bonds. The third-order valence-corrected chi connectivity index (χ3v) is 4.77. The highest BCUT2D eigenvalue weighted by molar-refractivity contribution is 6.35. The first kappa shape index (κ1) is 17.6. The minimum Gasteiger partial charge on any atom is -0.506 e. The van der Waals surface area contributed by atoms with Crippen molar-refractivity contribution in [2.75, 3.05) is 0 Å². The summed E-state index contributed by atoms with van der Waals surface area (Å²) in [7, 11) is 0. The van der Waals surface area contributed by atoms with Crippen molar-refractivity contribution in [3.8, 4) is 28.3 Å². The molecule has 1 aromatic heterocycles. The molecule has 1 heterocycles. The Morgan fingerprint density at radius 3 is 2.37 bits per heavy atom. The molecule has 27 heavy (non-hydrogen) atoms. The molecular weight excluding hydrogens is 397 g/mol. The minimum absolute atomic E-state index is 0.0384. The van der Waals surface area contributed by atoms with E-state index >= 15 is 0 Å². The Bertz CT molecular complexity index is 1190. The summed E-state index contributed by atoms with van der Waals surface area (Å²) in [6, 6.07) is 10.1. The number of phenolic OH excluding ortho intramolecular Hbond substituents is 2. The maximum atomic E-state index is 13.6. The average molecular weight is 407 g/mol. The first-order chi connectivity index (χ1) is 12.8. The van der Waals surface area contributed by atoms with Gasteiger partial charge in [-0.25, -0.2) is 9.07 Å². The zero-order chi connectivity index (χ0) is 19.3. The van der Waals surface area contributed by atoms with Crippen molar-refractivity contribution in [1.82, 2.24) is 9.78 Å². The number of phenols is 2. The molecular formula is C19H10Cl2F2N2O2. The molecule has 0 radical (unpaired) electrons. The van der Waals surface area contributed by atoms with E-state index in [9.17, 15) is 19.0 Å². The molecule has 4 aromatic rings. The van der Waals surface area contributed by atoms with Crippen molar-refractivity contribution in [3.63, 3.8) is 0 Å². The van der Waals surface area contributed by atoms with Crippen molar-refractivity contribution >= 4 is 34.1 Å². The molecule has 8 heteroatoms. The summed E-state index contributed by atoms with van der Waals surface area (Å²) in [6.45, 7) is 0. The zero-order valence-electron chi connectivity index (χ0n) is 13.4. The van der Waals surface area contributed by atoms with Crippen LogP contribution >= 0.6 is 23.2 Å². The minimum atomic E-state index is -1.32. The summed E-state index contributed by atoms with van der Waals surface area (Å²) in [5, 5.41) is 24.5. The topological polar surface area (TPSA) is 58.3 Å². The van der Waals surface area contributed by atoms with Gasteiger partial charge in [-0.3, -0.25) is 0 Å². The van der Waals surface area contributed by atoms with Crippen LogP contribution in [0.1, 0.15) is 0 Å². The fourth-order valence-electron chi connectivity index (χ4n) is 2.83. The summed E-state index contributed by atoms with van der Waals surface area (Å²) in [6.07, 6.45) is 1.54. The zero-order valence-corrected chi connectivity index (χ0v) is 14.9. The number of halogens is 4. The van der Waals surface area contributed by atoms with Crippen LogP contribution in [0.15, 0.2) is 48.7 Å². The molecule has 3 aromatic carbocycles. The number of benzene rings is 3. The van der Waals surface area contributed by atoms with Crippen LogP contribution in [0.4, 0.5) is 8.78 Å². The van der Waals surface area contributed by atoms with Crippen molar-refractivity contribution in [3.05, 3.63) is 70.3 Å². The summed E-state index contributed by atoms with van der Waals surface area (Å²) >= 11 is 12.4. The van der Waals surface area contributed by atoms with E-state index in [1.54, 1.807) is 24.3 Å². The van der Waals surface area contributed by atoms with E-state index in [4.69, 9.17) is 23.2 Å². The summed E-state index contributed by atoms with van der Waals surface area (Å²) in [4.78, 5) is 0. The van der Waals surface area contributed by atoms with Gasteiger partial charge in [0.25, 0.3) is 0 Å². The van der Waals surface area contributed by atoms with Crippen LogP contribution in [0.5, 0.6) is 11.5 Å². The normalized spacial score (nSPS) is 11.3. The molecule has 0 bridgehead atoms. The number of aromatic hydroxyl groups is 2. The van der Waals surface area contributed by atoms with Gasteiger partial charge in [-0.2, -0.15) is 9.49 Å². The Kier molecular flexibility index (Phi) is 4.17. The molecule has 0 unspecified atom stereocenters. The Morgan fingerprint density at radius 2 is 1.67 bits per heavy atom. The van der Waals surface area contributed by atoms with Gasteiger partial charge in [-0.15, -0.1) is 0 Å². The number of hydrogen-bond donors (Lipinski definition) is 2. The van der Waals surface area contributed by atoms with Crippen molar-refractivity contribution in [2.45, 2.75) is 0 Å². The standard InChI is InChI=1S/C19H10Cl2F2N2O2/c20-13-7-16-10(3-12(13)9-1-2-17(26)14(21)4-9)8-24-25(16)11-5-15(22)19(23)18(27)6-11/h1-8,26-27H. The van der Waals surface area contributed by atoms with Crippen LogP contribution in [-0.4, -0.2) is 20.0 Å². The molecule has 4 rings (SSSR count). The second kappa shape index (κ2) is 6.40. The maximum Gasteiger partial charge on any atom is 0.200 e. The third kappa shape index (κ3) is 2.97. The van der Waals surface area contributed by atoms with Gasteiger partial charge in [0.1, 0.15) is 5.75 Å². The third-order valence-electron chi connectivity index (χ3n) is 4.15. The molecule has 0 saturated carbocycles. The molecule has 0 atom stereocenters. The SMILES string of the molecule is Oc1ccc(-c2cc3cnn(-c4cc(O)c(F)c(F)c4)c3cc2Cl)cc1Cl. The van der Waals surface area contributed by atoms with Crippen LogP contribution in [0.2, 0.25) is 10.0 Å². The van der Waals surface area contributed by atoms with E-state index in [2.05, 4.69) is 5.10 Å². The molecule has 0 spiro atoms. The lowest BCUT2D eigenvalue weighted by Crippen LogP contribution is -1.98. The monoisotopic (exact) mass is 406 g/mol. The predicted molar refractivity (Wildman–Crippen MR) is 99.8 cm³/mol. The summed E-state index contributed by atoms with van der Waals surface area (Å²) < 4.78 is 28.3. The van der Waals surface area contributed by atoms with E-state index in [-0.39, 0.29) is 16.5 Å². The molecule has 0 aliphatic heterocycles. The van der Waals surface area contributed by atoms with Gasteiger partial charge < -0.3 is 10.2 Å². The fourth-order valence-corrected chi connectivity index (χ4v) is 3.28. The van der Waals surface area contributed by atoms with E-state index in [0.717, 1.165) is 12.1 Å². The second-order valence-corrected chi connectivity index (χ2v) is 6.69. The van der Waals surface area contributed by atoms with Gasteiger partial charge in [0, 0.05) is 23.1 Å². The van der Waals surface area contributed by atoms with E-state index in [0.29, 0.717) is 27.1 Å². The van der Waals surface area contributed by atoms with Gasteiger partial charge in [0.2, 0.25) is 0 Å². The molecule has 0 saturated heterocycles. The quantitative estimate of drug-likeness (QED) is 0.449. The van der Waals surface area contributed by atoms with Crippen LogP contribution in [0.25, 0.3) is 27.7 Å². The van der Waals surface area contributed by atoms with Crippen LogP contribution in [0.3, 0.4) is 0 Å². The van der Waals surface area contributed by atoms with Gasteiger partial charge in [0.05, 0.1) is 27.4 Å². The van der Waals surface area contributed by atoms with E-state index in [1.165, 1.54) is 16.9 Å². The van der Waals surface area contributed by atoms with E-state index < -0.39 is 17.4 Å². The summed E-state index contributed by atoms with van der Waals surface area (Å²) in [5.74, 6) is -3.35. The van der Waals surface area contributed by atoms with E-state index in [1.807, 2.05) is 0 Å². The predicted octanol–water partition coefficient (Wildman–Crippen LogP) is 5.69. The molecule has 2 N–H and O–H groups in total. The number of rotatable bonds is 2. The second-order valence-electron chi connectivity index (χ2n) is 5.87. The lowest BCUT2D eigenvalue weighted by atomic mass is 10.0. The van der Waals surface area contributed by atoms with Crippen LogP contribution in [0, 0.1) is 11.6 Å². The van der Waals surface area contributed by atoms with Crippen molar-refractivity contribution in [2.24, 2.45) is 0 Å². The van der Waals surface area contributed by atoms with Crippen molar-refractivity contribution < 1.29 is 19.0 Å². The molecule has 0 aliphatic carbocycles. The lowest BCUT2D eigenvalue weighted by Gasteiger charge is -2.09. The van der Waals surface area contributed by atoms with Gasteiger partial charge in [0.15, 0.2) is 17.4 Å². The number of aromatic nitrogens is 2. The first-order valence-electron chi connectivity index (χ1n) is 7.69. The van der Waals surface area contributed by atoms with Gasteiger partial charge in [-0.05, 0) is 29.8 Å². The Labute approximate surface area is 161 Å². The highest BCUT2D eigenvalue weighted by Crippen LogP contribution is 2.36. The largest absolute Gasteiger partial charge is 0.506 e. The van der Waals surface area contributed by atoms with Gasteiger partial charge in [-0.1, -0.05) is 29.3 Å². The Morgan fingerprint density at radius 1 is 0.889 bits per heavy atom. The Hall–Kier alpha value is -2.83. The van der Waals surface area contributed by atoms with Crippen LogP contribution < -0.4 is 0 Å².